The van der Waals surface area contributed by atoms with Crippen LogP contribution in [0, 0.1) is 6.92 Å². The molecule has 32 heavy (non-hydrogen) atoms. The topological polar surface area (TPSA) is 0 Å². The first kappa shape index (κ1) is 9.85. The average molecular weight is 441 g/mol. The minimum absolute atomic E-state index is 0.0675. The van der Waals surface area contributed by atoms with Gasteiger partial charge in [0.2, 0.25) is 0 Å². The number of rotatable bonds is 5. The van der Waals surface area contributed by atoms with Crippen LogP contribution in [0.4, 0.5) is 0 Å². The molecule has 0 amide bonds. The fourth-order valence-corrected chi connectivity index (χ4v) is 8.20. The molecule has 154 valence electrons. The summed E-state index contributed by atoms with van der Waals surface area (Å²) in [6, 6.07) is 7.29. The van der Waals surface area contributed by atoms with Gasteiger partial charge in [0, 0.05) is 0 Å². The monoisotopic (exact) mass is 440 g/mol. The Kier molecular flexibility index (Phi) is 2.71. The van der Waals surface area contributed by atoms with Crippen LogP contribution in [0.25, 0.3) is 11.1 Å². The molecular weight excluding hydrogens is 400 g/mol. The molecule has 0 N–H and O–H groups in total. The normalized spacial score (nSPS) is 18.9. The van der Waals surface area contributed by atoms with Gasteiger partial charge < -0.3 is 0 Å². The summed E-state index contributed by atoms with van der Waals surface area (Å²) in [7, 11) is -4.42. The third-order valence-corrected chi connectivity index (χ3v) is 9.67. The van der Waals surface area contributed by atoms with E-state index in [2.05, 4.69) is 0 Å². The van der Waals surface area contributed by atoms with Gasteiger partial charge in [-0.1, -0.05) is 145 Å². The fourth-order valence-electron chi connectivity index (χ4n) is 3.92. The molecule has 0 bridgehead atoms. The highest BCUT2D eigenvalue weighted by atomic mass is 28.3. The van der Waals surface area contributed by atoms with Gasteiger partial charge in [0.05, 0.1) is 19.2 Å². The summed E-state index contributed by atoms with van der Waals surface area (Å²) in [5, 5.41) is 0.431. The van der Waals surface area contributed by atoms with Crippen molar-refractivity contribution in [3.05, 3.63) is 145 Å². The van der Waals surface area contributed by atoms with Gasteiger partial charge in [-0.2, -0.15) is 0 Å². The molecule has 0 aromatic heterocycles. The lowest BCUT2D eigenvalue weighted by atomic mass is 10.1. The Morgan fingerprint density at radius 2 is 1.19 bits per heavy atom. The standard InChI is InChI=1S/C31H26Si/c1-25-13-11-21-30(23-25)32(28-17-7-3-8-18-28,29-19-9-4-10-20-29)31-22-12-16-27(24-31)26-14-5-2-6-15-26/h2-24H,1H3/i2D,3D,5D,6D,7D,8D,11D,13D,14D,15D,17D,18D,21D,23D. The van der Waals surface area contributed by atoms with Crippen molar-refractivity contribution in [1.29, 1.82) is 0 Å². The van der Waals surface area contributed by atoms with Crippen molar-refractivity contribution in [2.75, 3.05) is 0 Å². The van der Waals surface area contributed by atoms with Crippen molar-refractivity contribution in [1.82, 2.24) is 0 Å². The van der Waals surface area contributed by atoms with E-state index in [0.29, 0.717) is 5.19 Å². The highest BCUT2D eigenvalue weighted by Crippen LogP contribution is 2.19. The molecule has 5 rings (SSSR count). The SMILES string of the molecule is [2H]c1c([2H])c([2H])c(-c2cccc([Si](c3ccccc3)(c3c([2H])c([2H])c([2H])c([2H])c3[2H])c3c([2H])c([2H])c([2H])c(C)c3[2H])c2)c([2H])c1[2H]. The summed E-state index contributed by atoms with van der Waals surface area (Å²) < 4.78 is 121. The lowest BCUT2D eigenvalue weighted by Crippen LogP contribution is -2.74. The second-order valence-electron chi connectivity index (χ2n) is 7.20. The first-order chi connectivity index (χ1) is 21.6. The molecule has 0 spiro atoms. The molecule has 0 saturated heterocycles. The van der Waals surface area contributed by atoms with E-state index >= 15 is 0 Å². The van der Waals surface area contributed by atoms with E-state index in [1.807, 2.05) is 0 Å². The zero-order valence-electron chi connectivity index (χ0n) is 31.2. The van der Waals surface area contributed by atoms with Crippen molar-refractivity contribution >= 4 is 28.8 Å². The Morgan fingerprint density at radius 3 is 1.94 bits per heavy atom. The van der Waals surface area contributed by atoms with Crippen molar-refractivity contribution < 1.29 is 19.2 Å². The van der Waals surface area contributed by atoms with E-state index in [4.69, 9.17) is 17.8 Å². The fraction of sp³-hybridized carbons (Fsp3) is 0.0323. The van der Waals surface area contributed by atoms with Crippen LogP contribution >= 0.6 is 0 Å². The Bertz CT molecular complexity index is 1900. The zero-order chi connectivity index (χ0) is 34.0. The molecule has 0 aliphatic rings. The van der Waals surface area contributed by atoms with Crippen LogP contribution in [0.5, 0.6) is 0 Å². The van der Waals surface area contributed by atoms with E-state index in [-0.39, 0.29) is 44.3 Å². The molecule has 0 fully saturated rings. The first-order valence-electron chi connectivity index (χ1n) is 17.0. The zero-order valence-corrected chi connectivity index (χ0v) is 18.2. The molecule has 5 aromatic rings. The van der Waals surface area contributed by atoms with Gasteiger partial charge in [-0.3, -0.25) is 0 Å². The van der Waals surface area contributed by atoms with E-state index in [1.54, 1.807) is 42.5 Å². The van der Waals surface area contributed by atoms with E-state index in [9.17, 15) is 1.37 Å². The highest BCUT2D eigenvalue weighted by Gasteiger charge is 2.41. The quantitative estimate of drug-likeness (QED) is 0.265. The van der Waals surface area contributed by atoms with Crippen LogP contribution in [0.1, 0.15) is 24.8 Å². The molecule has 0 radical (unpaired) electrons. The lowest BCUT2D eigenvalue weighted by Gasteiger charge is -2.35. The van der Waals surface area contributed by atoms with Crippen LogP contribution in [0.15, 0.2) is 139 Å². The minimum atomic E-state index is -4.42. The largest absolute Gasteiger partial charge is 0.179 e. The van der Waals surface area contributed by atoms with Gasteiger partial charge in [-0.15, -0.1) is 0 Å². The van der Waals surface area contributed by atoms with Crippen LogP contribution in [-0.4, -0.2) is 8.07 Å². The van der Waals surface area contributed by atoms with Gasteiger partial charge in [0.1, 0.15) is 0 Å². The number of hydrogen-bond acceptors (Lipinski definition) is 0. The maximum atomic E-state index is 9.26. The Morgan fingerprint density at radius 1 is 0.531 bits per heavy atom. The van der Waals surface area contributed by atoms with E-state index in [0.717, 1.165) is 0 Å². The summed E-state index contributed by atoms with van der Waals surface area (Å²) in [6.45, 7) is 1.46. The van der Waals surface area contributed by atoms with Crippen molar-refractivity contribution in [3.8, 4) is 11.1 Å². The highest BCUT2D eigenvalue weighted by molar-refractivity contribution is 7.19. The van der Waals surface area contributed by atoms with Gasteiger partial charge in [0.15, 0.2) is 8.07 Å². The Balaban J connectivity index is 2.11. The number of benzene rings is 5. The molecule has 0 saturated carbocycles. The first-order valence-corrected chi connectivity index (χ1v) is 12.0. The maximum absolute atomic E-state index is 9.26. The van der Waals surface area contributed by atoms with Crippen molar-refractivity contribution in [2.24, 2.45) is 0 Å². The van der Waals surface area contributed by atoms with Crippen LogP contribution in [0.2, 0.25) is 0 Å². The van der Waals surface area contributed by atoms with Gasteiger partial charge in [-0.05, 0) is 38.8 Å². The summed E-state index contributed by atoms with van der Waals surface area (Å²) in [4.78, 5) is 0. The molecule has 1 atom stereocenters. The molecule has 1 unspecified atom stereocenters. The second kappa shape index (κ2) is 8.82. The summed E-state index contributed by atoms with van der Waals surface area (Å²) in [5.74, 6) is 0. The van der Waals surface area contributed by atoms with Gasteiger partial charge in [0.25, 0.3) is 0 Å². The Labute approximate surface area is 211 Å². The molecule has 0 aliphatic heterocycles. The predicted molar refractivity (Wildman–Crippen MR) is 140 cm³/mol. The molecule has 5 aromatic carbocycles. The van der Waals surface area contributed by atoms with Gasteiger partial charge in [-0.25, -0.2) is 0 Å². The average Bonchev–Trinajstić information content (AvgIpc) is 3.06. The number of hydrogen-bond donors (Lipinski definition) is 0. The molecule has 0 aliphatic carbocycles. The van der Waals surface area contributed by atoms with E-state index in [1.165, 1.54) is 19.1 Å². The lowest BCUT2D eigenvalue weighted by molar-refractivity contribution is 1.49. The summed E-state index contributed by atoms with van der Waals surface area (Å²) in [6.07, 6.45) is 0. The molecule has 0 heterocycles. The van der Waals surface area contributed by atoms with Crippen LogP contribution in [-0.2, 0) is 0 Å². The van der Waals surface area contributed by atoms with Crippen molar-refractivity contribution in [2.45, 2.75) is 6.92 Å². The predicted octanol–water partition coefficient (Wildman–Crippen LogP) is 5.04. The third kappa shape index (κ3) is 3.61. The summed E-state index contributed by atoms with van der Waals surface area (Å²) in [5.41, 5.74) is 0.117. The molecule has 0 nitrogen and oxygen atoms in total. The van der Waals surface area contributed by atoms with Crippen LogP contribution < -0.4 is 20.7 Å². The Hall–Kier alpha value is -3.68. The van der Waals surface area contributed by atoms with E-state index < -0.39 is 80.6 Å². The second-order valence-corrected chi connectivity index (χ2v) is 10.9. The van der Waals surface area contributed by atoms with Crippen LogP contribution in [0.3, 0.4) is 0 Å². The van der Waals surface area contributed by atoms with Gasteiger partial charge >= 0.3 is 0 Å². The maximum Gasteiger partial charge on any atom is 0.179 e. The molecular formula is C31H26Si. The molecule has 1 heteroatoms. The minimum Gasteiger partial charge on any atom is -0.0623 e. The third-order valence-electron chi connectivity index (χ3n) is 5.29. The smallest absolute Gasteiger partial charge is 0.0623 e. The summed E-state index contributed by atoms with van der Waals surface area (Å²) >= 11 is 0. The van der Waals surface area contributed by atoms with Crippen molar-refractivity contribution in [3.63, 3.8) is 0 Å².